The minimum Gasteiger partial charge on any atom is -0.382 e. The Kier molecular flexibility index (Phi) is 7.16. The Morgan fingerprint density at radius 1 is 1.31 bits per heavy atom. The number of hydrogen-bond acceptors (Lipinski definition) is 5. The molecule has 0 spiro atoms. The maximum Gasteiger partial charge on any atom is 0.263 e. The van der Waals surface area contributed by atoms with Crippen molar-refractivity contribution in [3.05, 3.63) is 29.8 Å². The number of aliphatic imine (C=N–C) groups is 1. The van der Waals surface area contributed by atoms with E-state index in [1.54, 1.807) is 18.2 Å². The topological polar surface area (TPSA) is 96.9 Å². The molecule has 2 atom stereocenters. The van der Waals surface area contributed by atoms with Gasteiger partial charge in [0, 0.05) is 25.3 Å². The SMILES string of the molecule is CCOCCCNC(=O)[C@@H](N=C1NS(=O)(=O)c2ccccc21)[C@@H](C)CC. The molecule has 1 heterocycles. The first-order valence-corrected chi connectivity index (χ1v) is 10.4. The first-order valence-electron chi connectivity index (χ1n) is 8.96. The molecule has 0 aromatic heterocycles. The second-order valence-electron chi connectivity index (χ2n) is 6.25. The molecule has 0 bridgehead atoms. The Balaban J connectivity index is 2.18. The van der Waals surface area contributed by atoms with E-state index in [2.05, 4.69) is 15.0 Å². The third-order valence-electron chi connectivity index (χ3n) is 4.35. The first-order chi connectivity index (χ1) is 12.4. The number of benzene rings is 1. The number of ether oxygens (including phenoxy) is 1. The zero-order chi connectivity index (χ0) is 19.2. The van der Waals surface area contributed by atoms with E-state index in [1.165, 1.54) is 6.07 Å². The van der Waals surface area contributed by atoms with E-state index in [1.807, 2.05) is 20.8 Å². The molecule has 144 valence electrons. The standard InChI is InChI=1S/C18H27N3O4S/c1-4-13(3)16(18(22)19-11-8-12-25-5-2)20-17-14-9-6-7-10-15(14)26(23,24)21-17/h6-7,9-10,13,16H,4-5,8,11-12H2,1-3H3,(H,19,22)(H,20,21)/t13-,16-/m0/s1. The number of carbonyl (C=O) groups excluding carboxylic acids is 1. The van der Waals surface area contributed by atoms with Gasteiger partial charge in [0.15, 0.2) is 0 Å². The predicted octanol–water partition coefficient (Wildman–Crippen LogP) is 1.68. The lowest BCUT2D eigenvalue weighted by molar-refractivity contribution is -0.123. The summed E-state index contributed by atoms with van der Waals surface area (Å²) in [5.41, 5.74) is 0.505. The molecule has 0 fully saturated rings. The lowest BCUT2D eigenvalue weighted by atomic mass is 9.98. The van der Waals surface area contributed by atoms with Crippen LogP contribution in [0.1, 0.15) is 39.2 Å². The highest BCUT2D eigenvalue weighted by Gasteiger charge is 2.32. The molecule has 2 rings (SSSR count). The van der Waals surface area contributed by atoms with Crippen LogP contribution in [0.3, 0.4) is 0 Å². The van der Waals surface area contributed by atoms with E-state index in [0.29, 0.717) is 25.3 Å². The zero-order valence-corrected chi connectivity index (χ0v) is 16.3. The molecule has 1 aromatic rings. The number of fused-ring (bicyclic) bond motifs is 1. The summed E-state index contributed by atoms with van der Waals surface area (Å²) in [5, 5.41) is 2.87. The summed E-state index contributed by atoms with van der Waals surface area (Å²) in [6.07, 6.45) is 1.47. The van der Waals surface area contributed by atoms with Crippen LogP contribution in [0.2, 0.25) is 0 Å². The summed E-state index contributed by atoms with van der Waals surface area (Å²) < 4.78 is 32.2. The maximum absolute atomic E-state index is 12.6. The van der Waals surface area contributed by atoms with Crippen LogP contribution >= 0.6 is 0 Å². The Bertz CT molecular complexity index is 761. The number of sulfonamides is 1. The molecule has 1 amide bonds. The average Bonchev–Trinajstić information content (AvgIpc) is 2.89. The van der Waals surface area contributed by atoms with Crippen molar-refractivity contribution in [1.82, 2.24) is 10.0 Å². The number of amides is 1. The maximum atomic E-state index is 12.6. The van der Waals surface area contributed by atoms with Crippen LogP contribution in [0.5, 0.6) is 0 Å². The van der Waals surface area contributed by atoms with E-state index in [-0.39, 0.29) is 22.6 Å². The summed E-state index contributed by atoms with van der Waals surface area (Å²) in [6, 6.07) is 5.99. The molecule has 0 saturated heterocycles. The minimum atomic E-state index is -3.61. The second-order valence-corrected chi connectivity index (χ2v) is 7.90. The van der Waals surface area contributed by atoms with E-state index < -0.39 is 16.1 Å². The molecular formula is C18H27N3O4S. The summed E-state index contributed by atoms with van der Waals surface area (Å²) >= 11 is 0. The van der Waals surface area contributed by atoms with Crippen LogP contribution in [0.4, 0.5) is 0 Å². The highest BCUT2D eigenvalue weighted by Crippen LogP contribution is 2.24. The molecule has 8 heteroatoms. The van der Waals surface area contributed by atoms with Gasteiger partial charge in [0.2, 0.25) is 5.91 Å². The van der Waals surface area contributed by atoms with Gasteiger partial charge in [-0.1, -0.05) is 32.4 Å². The fraction of sp³-hybridized carbons (Fsp3) is 0.556. The number of nitrogens with one attached hydrogen (secondary N) is 2. The molecule has 0 unspecified atom stereocenters. The largest absolute Gasteiger partial charge is 0.382 e. The smallest absolute Gasteiger partial charge is 0.263 e. The van der Waals surface area contributed by atoms with Crippen molar-refractivity contribution in [3.63, 3.8) is 0 Å². The normalized spacial score (nSPS) is 18.8. The Morgan fingerprint density at radius 2 is 2.04 bits per heavy atom. The molecule has 0 aliphatic carbocycles. The Hall–Kier alpha value is -1.93. The van der Waals surface area contributed by atoms with Crippen molar-refractivity contribution >= 4 is 21.8 Å². The highest BCUT2D eigenvalue weighted by atomic mass is 32.2. The summed E-state index contributed by atoms with van der Waals surface area (Å²) in [4.78, 5) is 17.3. The van der Waals surface area contributed by atoms with Gasteiger partial charge in [0.1, 0.15) is 11.9 Å². The summed E-state index contributed by atoms with van der Waals surface area (Å²) in [7, 11) is -3.61. The minimum absolute atomic E-state index is 0.0216. The van der Waals surface area contributed by atoms with Gasteiger partial charge < -0.3 is 10.1 Å². The van der Waals surface area contributed by atoms with Gasteiger partial charge in [0.25, 0.3) is 10.0 Å². The molecule has 1 aliphatic rings. The number of nitrogens with zero attached hydrogens (tertiary/aromatic N) is 1. The molecule has 1 aromatic carbocycles. The number of amidine groups is 1. The van der Waals surface area contributed by atoms with Gasteiger partial charge in [-0.2, -0.15) is 0 Å². The third-order valence-corrected chi connectivity index (χ3v) is 5.75. The molecule has 2 N–H and O–H groups in total. The molecule has 7 nitrogen and oxygen atoms in total. The van der Waals surface area contributed by atoms with Crippen molar-refractivity contribution in [2.45, 2.75) is 44.6 Å². The van der Waals surface area contributed by atoms with Crippen LogP contribution in [0.15, 0.2) is 34.2 Å². The van der Waals surface area contributed by atoms with Crippen molar-refractivity contribution < 1.29 is 17.9 Å². The van der Waals surface area contributed by atoms with Crippen LogP contribution in [-0.4, -0.2) is 46.0 Å². The van der Waals surface area contributed by atoms with Crippen LogP contribution < -0.4 is 10.0 Å². The third kappa shape index (κ3) is 4.82. The van der Waals surface area contributed by atoms with Crippen molar-refractivity contribution in [2.75, 3.05) is 19.8 Å². The zero-order valence-electron chi connectivity index (χ0n) is 15.5. The monoisotopic (exact) mass is 381 g/mol. The van der Waals surface area contributed by atoms with Gasteiger partial charge in [-0.25, -0.2) is 8.42 Å². The van der Waals surface area contributed by atoms with Gasteiger partial charge in [-0.05, 0) is 31.4 Å². The van der Waals surface area contributed by atoms with Crippen molar-refractivity contribution in [3.8, 4) is 0 Å². The fourth-order valence-corrected chi connectivity index (χ4v) is 3.91. The lowest BCUT2D eigenvalue weighted by Crippen LogP contribution is -2.39. The molecule has 26 heavy (non-hydrogen) atoms. The summed E-state index contributed by atoms with van der Waals surface area (Å²) in [5.74, 6) is 0.00829. The number of rotatable bonds is 9. The predicted molar refractivity (Wildman–Crippen MR) is 101 cm³/mol. The second kappa shape index (κ2) is 9.14. The Morgan fingerprint density at radius 3 is 2.73 bits per heavy atom. The van der Waals surface area contributed by atoms with E-state index in [0.717, 1.165) is 12.8 Å². The summed E-state index contributed by atoms with van der Waals surface area (Å²) in [6.45, 7) is 7.58. The van der Waals surface area contributed by atoms with Crippen LogP contribution in [-0.2, 0) is 19.6 Å². The van der Waals surface area contributed by atoms with Crippen LogP contribution in [0.25, 0.3) is 0 Å². The average molecular weight is 381 g/mol. The van der Waals surface area contributed by atoms with Gasteiger partial charge >= 0.3 is 0 Å². The fourth-order valence-electron chi connectivity index (χ4n) is 2.67. The van der Waals surface area contributed by atoms with E-state index in [9.17, 15) is 13.2 Å². The number of carbonyl (C=O) groups is 1. The van der Waals surface area contributed by atoms with Gasteiger partial charge in [-0.3, -0.25) is 14.5 Å². The molecule has 1 aliphatic heterocycles. The van der Waals surface area contributed by atoms with E-state index in [4.69, 9.17) is 4.74 Å². The quantitative estimate of drug-likeness (QED) is 0.636. The molecule has 0 saturated carbocycles. The van der Waals surface area contributed by atoms with Gasteiger partial charge in [0.05, 0.1) is 4.90 Å². The highest BCUT2D eigenvalue weighted by molar-refractivity contribution is 7.90. The number of hydrogen-bond donors (Lipinski definition) is 2. The van der Waals surface area contributed by atoms with Crippen molar-refractivity contribution in [1.29, 1.82) is 0 Å². The van der Waals surface area contributed by atoms with Crippen LogP contribution in [0, 0.1) is 5.92 Å². The van der Waals surface area contributed by atoms with Gasteiger partial charge in [-0.15, -0.1) is 0 Å². The first kappa shape index (κ1) is 20.4. The Labute approximate surface area is 155 Å². The molecule has 0 radical (unpaired) electrons. The van der Waals surface area contributed by atoms with Crippen molar-refractivity contribution in [2.24, 2.45) is 10.9 Å². The lowest BCUT2D eigenvalue weighted by Gasteiger charge is -2.19. The van der Waals surface area contributed by atoms with E-state index >= 15 is 0 Å². The molecular weight excluding hydrogens is 354 g/mol.